The Morgan fingerprint density at radius 3 is 3.00 bits per heavy atom. The number of ether oxygens (including phenoxy) is 1. The lowest BCUT2D eigenvalue weighted by Crippen LogP contribution is -2.36. The van der Waals surface area contributed by atoms with Crippen LogP contribution in [0.3, 0.4) is 0 Å². The van der Waals surface area contributed by atoms with E-state index in [0.29, 0.717) is 5.69 Å². The SMILES string of the molecule is CC1Nc2c(cccc2C(=O)O)OC1F. The zero-order valence-electron chi connectivity index (χ0n) is 8.03. The van der Waals surface area contributed by atoms with Crippen molar-refractivity contribution in [2.24, 2.45) is 0 Å². The van der Waals surface area contributed by atoms with Gasteiger partial charge in [0.2, 0.25) is 0 Å². The molecule has 1 heterocycles. The van der Waals surface area contributed by atoms with Crippen LogP contribution in [0.15, 0.2) is 18.2 Å². The number of para-hydroxylation sites is 1. The van der Waals surface area contributed by atoms with E-state index in [9.17, 15) is 9.18 Å². The second kappa shape index (κ2) is 3.42. The van der Waals surface area contributed by atoms with Gasteiger partial charge in [-0.1, -0.05) is 6.07 Å². The molecule has 0 saturated carbocycles. The Bertz CT molecular complexity index is 408. The summed E-state index contributed by atoms with van der Waals surface area (Å²) >= 11 is 0. The van der Waals surface area contributed by atoms with Crippen LogP contribution in [-0.2, 0) is 0 Å². The third-order valence-corrected chi connectivity index (χ3v) is 2.26. The smallest absolute Gasteiger partial charge is 0.337 e. The van der Waals surface area contributed by atoms with Gasteiger partial charge in [-0.2, -0.15) is 4.39 Å². The predicted octanol–water partition coefficient (Wildman–Crippen LogP) is 1.87. The quantitative estimate of drug-likeness (QED) is 0.744. The monoisotopic (exact) mass is 211 g/mol. The van der Waals surface area contributed by atoms with Gasteiger partial charge in [-0.25, -0.2) is 4.79 Å². The number of rotatable bonds is 1. The van der Waals surface area contributed by atoms with Gasteiger partial charge in [0.25, 0.3) is 6.36 Å². The molecule has 0 fully saturated rings. The van der Waals surface area contributed by atoms with Crippen molar-refractivity contribution in [3.05, 3.63) is 23.8 Å². The van der Waals surface area contributed by atoms with Crippen molar-refractivity contribution in [1.29, 1.82) is 0 Å². The van der Waals surface area contributed by atoms with Crippen LogP contribution in [0.5, 0.6) is 5.75 Å². The van der Waals surface area contributed by atoms with E-state index in [4.69, 9.17) is 9.84 Å². The second-order valence-electron chi connectivity index (χ2n) is 3.39. The molecular weight excluding hydrogens is 201 g/mol. The number of fused-ring (bicyclic) bond motifs is 1. The zero-order chi connectivity index (χ0) is 11.0. The van der Waals surface area contributed by atoms with Crippen LogP contribution in [0.2, 0.25) is 0 Å². The fourth-order valence-corrected chi connectivity index (χ4v) is 1.47. The highest BCUT2D eigenvalue weighted by Gasteiger charge is 2.28. The number of nitrogens with one attached hydrogen (secondary N) is 1. The Labute approximate surface area is 85.7 Å². The van der Waals surface area contributed by atoms with Gasteiger partial charge in [-0.05, 0) is 19.1 Å². The molecule has 2 N–H and O–H groups in total. The minimum atomic E-state index is -1.46. The lowest BCUT2D eigenvalue weighted by molar-refractivity contribution is 0.0463. The molecule has 1 aromatic rings. The summed E-state index contributed by atoms with van der Waals surface area (Å²) in [6.45, 7) is 1.59. The largest absolute Gasteiger partial charge is 0.478 e. The normalized spacial score (nSPS) is 23.6. The van der Waals surface area contributed by atoms with Crippen molar-refractivity contribution < 1.29 is 19.0 Å². The molecular formula is C10H10FNO3. The molecule has 2 atom stereocenters. The number of carboxylic acids is 1. The third kappa shape index (κ3) is 1.60. The molecule has 1 aliphatic heterocycles. The van der Waals surface area contributed by atoms with Gasteiger partial charge in [0.1, 0.15) is 5.75 Å². The van der Waals surface area contributed by atoms with E-state index >= 15 is 0 Å². The van der Waals surface area contributed by atoms with Crippen LogP contribution < -0.4 is 10.1 Å². The number of halogens is 1. The van der Waals surface area contributed by atoms with Crippen LogP contribution >= 0.6 is 0 Å². The van der Waals surface area contributed by atoms with Gasteiger partial charge < -0.3 is 15.2 Å². The first-order chi connectivity index (χ1) is 7.09. The van der Waals surface area contributed by atoms with Gasteiger partial charge in [0.15, 0.2) is 0 Å². The number of carboxylic acid groups (broad SMARTS) is 1. The molecule has 0 saturated heterocycles. The molecule has 80 valence electrons. The Hall–Kier alpha value is -1.78. The summed E-state index contributed by atoms with van der Waals surface area (Å²) < 4.78 is 18.1. The fraction of sp³-hybridized carbons (Fsp3) is 0.300. The summed E-state index contributed by atoms with van der Waals surface area (Å²) in [5, 5.41) is 11.7. The van der Waals surface area contributed by atoms with Crippen molar-refractivity contribution in [2.45, 2.75) is 19.3 Å². The van der Waals surface area contributed by atoms with Crippen LogP contribution in [0.25, 0.3) is 0 Å². The molecule has 4 nitrogen and oxygen atoms in total. The average molecular weight is 211 g/mol. The van der Waals surface area contributed by atoms with Crippen LogP contribution in [0, 0.1) is 0 Å². The lowest BCUT2D eigenvalue weighted by atomic mass is 10.1. The molecule has 0 spiro atoms. The fourth-order valence-electron chi connectivity index (χ4n) is 1.47. The number of carbonyl (C=O) groups is 1. The van der Waals surface area contributed by atoms with E-state index in [0.717, 1.165) is 0 Å². The van der Waals surface area contributed by atoms with Crippen molar-refractivity contribution in [1.82, 2.24) is 0 Å². The van der Waals surface area contributed by atoms with Gasteiger partial charge in [0, 0.05) is 0 Å². The number of anilines is 1. The second-order valence-corrected chi connectivity index (χ2v) is 3.39. The van der Waals surface area contributed by atoms with Crippen molar-refractivity contribution in [3.63, 3.8) is 0 Å². The summed E-state index contributed by atoms with van der Waals surface area (Å²) in [7, 11) is 0. The van der Waals surface area contributed by atoms with E-state index < -0.39 is 18.4 Å². The minimum absolute atomic E-state index is 0.0891. The van der Waals surface area contributed by atoms with Gasteiger partial charge >= 0.3 is 5.97 Å². The number of aromatic carboxylic acids is 1. The molecule has 1 aromatic carbocycles. The standard InChI is InChI=1S/C10H10FNO3/c1-5-9(11)15-7-4-2-3-6(10(13)14)8(7)12-5/h2-5,9,12H,1H3,(H,13,14). The topological polar surface area (TPSA) is 58.6 Å². The van der Waals surface area contributed by atoms with E-state index in [1.807, 2.05) is 0 Å². The first-order valence-electron chi connectivity index (χ1n) is 4.53. The zero-order valence-corrected chi connectivity index (χ0v) is 8.03. The highest BCUT2D eigenvalue weighted by molar-refractivity contribution is 5.96. The van der Waals surface area contributed by atoms with Crippen molar-refractivity contribution >= 4 is 11.7 Å². The molecule has 0 aliphatic carbocycles. The summed E-state index contributed by atoms with van der Waals surface area (Å²) in [6, 6.07) is 3.95. The number of hydrogen-bond acceptors (Lipinski definition) is 3. The molecule has 2 unspecified atom stereocenters. The van der Waals surface area contributed by atoms with Gasteiger partial charge in [-0.15, -0.1) is 0 Å². The number of benzene rings is 1. The molecule has 1 aliphatic rings. The maximum Gasteiger partial charge on any atom is 0.337 e. The molecule has 0 radical (unpaired) electrons. The molecule has 2 rings (SSSR count). The maximum atomic E-state index is 13.2. The van der Waals surface area contributed by atoms with Crippen LogP contribution in [-0.4, -0.2) is 23.5 Å². The summed E-state index contributed by atoms with van der Waals surface area (Å²) in [5.41, 5.74) is 0.428. The van der Waals surface area contributed by atoms with Gasteiger partial charge in [-0.3, -0.25) is 0 Å². The van der Waals surface area contributed by atoms with E-state index in [1.165, 1.54) is 18.2 Å². The Kier molecular flexibility index (Phi) is 2.22. The lowest BCUT2D eigenvalue weighted by Gasteiger charge is -2.28. The number of alkyl halides is 1. The minimum Gasteiger partial charge on any atom is -0.478 e. The highest BCUT2D eigenvalue weighted by atomic mass is 19.1. The predicted molar refractivity (Wildman–Crippen MR) is 52.0 cm³/mol. The van der Waals surface area contributed by atoms with Crippen molar-refractivity contribution in [2.75, 3.05) is 5.32 Å². The Morgan fingerprint density at radius 1 is 1.60 bits per heavy atom. The maximum absolute atomic E-state index is 13.2. The average Bonchev–Trinajstić information content (AvgIpc) is 2.18. The Morgan fingerprint density at radius 2 is 2.33 bits per heavy atom. The third-order valence-electron chi connectivity index (χ3n) is 2.26. The van der Waals surface area contributed by atoms with E-state index in [1.54, 1.807) is 6.92 Å². The molecule has 15 heavy (non-hydrogen) atoms. The molecule has 0 aromatic heterocycles. The Balaban J connectivity index is 2.48. The number of hydrogen-bond donors (Lipinski definition) is 2. The summed E-state index contributed by atoms with van der Waals surface area (Å²) in [4.78, 5) is 10.9. The van der Waals surface area contributed by atoms with E-state index in [-0.39, 0.29) is 11.3 Å². The van der Waals surface area contributed by atoms with Gasteiger partial charge in [0.05, 0.1) is 17.3 Å². The first-order valence-corrected chi connectivity index (χ1v) is 4.53. The van der Waals surface area contributed by atoms with E-state index in [2.05, 4.69) is 5.32 Å². The molecule has 5 heteroatoms. The highest BCUT2D eigenvalue weighted by Crippen LogP contribution is 2.34. The van der Waals surface area contributed by atoms with Crippen LogP contribution in [0.4, 0.5) is 10.1 Å². The summed E-state index contributed by atoms with van der Waals surface area (Å²) in [6.07, 6.45) is -1.46. The molecule has 0 bridgehead atoms. The van der Waals surface area contributed by atoms with Crippen LogP contribution in [0.1, 0.15) is 17.3 Å². The molecule has 0 amide bonds. The summed E-state index contributed by atoms with van der Waals surface area (Å²) in [5.74, 6) is -0.826. The van der Waals surface area contributed by atoms with Crippen molar-refractivity contribution in [3.8, 4) is 5.75 Å². The first kappa shape index (κ1) is 9.76.